The third-order valence-corrected chi connectivity index (χ3v) is 5.05. The summed E-state index contributed by atoms with van der Waals surface area (Å²) in [6.07, 6.45) is 1.33. The second kappa shape index (κ2) is 7.89. The van der Waals surface area contributed by atoms with Crippen molar-refractivity contribution in [2.45, 2.75) is 18.9 Å². The molecular formula is C20H22ClNO3. The predicted octanol–water partition coefficient (Wildman–Crippen LogP) is 4.23. The Morgan fingerprint density at radius 3 is 2.40 bits per heavy atom. The first-order chi connectivity index (χ1) is 12.1. The molecule has 5 heteroatoms. The standard InChI is InChI=1S/C20H22ClNO3/c1-25-18-7-3-5-16(13-18)19(15-4-2-6-17(21)12-15)22-10-8-14(9-11-22)20(23)24/h2-7,12-14,19H,8-11H2,1H3,(H,23,24). The van der Waals surface area contributed by atoms with E-state index >= 15 is 0 Å². The van der Waals surface area contributed by atoms with Crippen LogP contribution in [0.4, 0.5) is 0 Å². The average molecular weight is 360 g/mol. The highest BCUT2D eigenvalue weighted by Gasteiger charge is 2.30. The Morgan fingerprint density at radius 2 is 1.80 bits per heavy atom. The van der Waals surface area contributed by atoms with Crippen LogP contribution in [0.15, 0.2) is 48.5 Å². The molecule has 2 aromatic carbocycles. The molecule has 0 saturated carbocycles. The molecule has 0 aromatic heterocycles. The Morgan fingerprint density at radius 1 is 1.16 bits per heavy atom. The number of rotatable bonds is 5. The van der Waals surface area contributed by atoms with Crippen molar-refractivity contribution in [1.29, 1.82) is 0 Å². The second-order valence-electron chi connectivity index (χ2n) is 6.38. The zero-order valence-electron chi connectivity index (χ0n) is 14.2. The van der Waals surface area contributed by atoms with Crippen molar-refractivity contribution in [1.82, 2.24) is 4.90 Å². The molecule has 0 radical (unpaired) electrons. The maximum atomic E-state index is 11.2. The smallest absolute Gasteiger partial charge is 0.306 e. The number of aliphatic carboxylic acids is 1. The lowest BCUT2D eigenvalue weighted by Gasteiger charge is -2.37. The molecular weight excluding hydrogens is 338 g/mol. The van der Waals surface area contributed by atoms with Gasteiger partial charge in [0, 0.05) is 5.02 Å². The SMILES string of the molecule is COc1cccc(C(c2cccc(Cl)c2)N2CCC(C(=O)O)CC2)c1. The molecule has 0 amide bonds. The topological polar surface area (TPSA) is 49.8 Å². The van der Waals surface area contributed by atoms with Crippen LogP contribution in [-0.2, 0) is 4.79 Å². The highest BCUT2D eigenvalue weighted by atomic mass is 35.5. The Hall–Kier alpha value is -2.04. The zero-order chi connectivity index (χ0) is 17.8. The van der Waals surface area contributed by atoms with E-state index in [1.807, 2.05) is 36.4 Å². The number of nitrogens with zero attached hydrogens (tertiary/aromatic N) is 1. The molecule has 4 nitrogen and oxygen atoms in total. The quantitative estimate of drug-likeness (QED) is 0.867. The number of carboxylic acid groups (broad SMARTS) is 1. The van der Waals surface area contributed by atoms with Crippen LogP contribution >= 0.6 is 11.6 Å². The number of hydrogen-bond donors (Lipinski definition) is 1. The van der Waals surface area contributed by atoms with Crippen LogP contribution in [0.5, 0.6) is 5.75 Å². The summed E-state index contributed by atoms with van der Waals surface area (Å²) in [5.74, 6) is -0.133. The van der Waals surface area contributed by atoms with Gasteiger partial charge in [-0.05, 0) is 61.3 Å². The Bertz CT molecular complexity index is 741. The van der Waals surface area contributed by atoms with Gasteiger partial charge in [0.25, 0.3) is 0 Å². The van der Waals surface area contributed by atoms with Crippen LogP contribution < -0.4 is 4.74 Å². The minimum absolute atomic E-state index is 0.0311. The van der Waals surface area contributed by atoms with E-state index in [1.165, 1.54) is 0 Å². The van der Waals surface area contributed by atoms with Crippen LogP contribution in [-0.4, -0.2) is 36.2 Å². The van der Waals surface area contributed by atoms with Crippen LogP contribution in [0.1, 0.15) is 30.0 Å². The molecule has 1 atom stereocenters. The van der Waals surface area contributed by atoms with E-state index in [-0.39, 0.29) is 12.0 Å². The molecule has 1 aliphatic rings. The van der Waals surface area contributed by atoms with Crippen molar-refractivity contribution < 1.29 is 14.6 Å². The van der Waals surface area contributed by atoms with Gasteiger partial charge in [-0.2, -0.15) is 0 Å². The van der Waals surface area contributed by atoms with Crippen molar-refractivity contribution in [2.75, 3.05) is 20.2 Å². The zero-order valence-corrected chi connectivity index (χ0v) is 14.9. The number of halogens is 1. The summed E-state index contributed by atoms with van der Waals surface area (Å²) in [7, 11) is 1.66. The molecule has 132 valence electrons. The van der Waals surface area contributed by atoms with Gasteiger partial charge in [-0.3, -0.25) is 9.69 Å². The number of benzene rings is 2. The Balaban J connectivity index is 1.93. The fourth-order valence-corrected chi connectivity index (χ4v) is 3.71. The number of hydrogen-bond acceptors (Lipinski definition) is 3. The molecule has 0 spiro atoms. The van der Waals surface area contributed by atoms with Gasteiger partial charge >= 0.3 is 5.97 Å². The minimum Gasteiger partial charge on any atom is -0.497 e. The van der Waals surface area contributed by atoms with Gasteiger partial charge < -0.3 is 9.84 Å². The van der Waals surface area contributed by atoms with Gasteiger partial charge in [0.05, 0.1) is 19.1 Å². The summed E-state index contributed by atoms with van der Waals surface area (Å²) in [5, 5.41) is 9.95. The first kappa shape index (κ1) is 17.8. The van der Waals surface area contributed by atoms with Crippen molar-refractivity contribution in [3.05, 3.63) is 64.7 Å². The number of carbonyl (C=O) groups is 1. The van der Waals surface area contributed by atoms with Gasteiger partial charge in [-0.1, -0.05) is 35.9 Å². The number of methoxy groups -OCH3 is 1. The molecule has 1 unspecified atom stereocenters. The second-order valence-corrected chi connectivity index (χ2v) is 6.82. The van der Waals surface area contributed by atoms with Crippen molar-refractivity contribution in [2.24, 2.45) is 5.92 Å². The molecule has 0 bridgehead atoms. The summed E-state index contributed by atoms with van der Waals surface area (Å²) in [4.78, 5) is 13.6. The third-order valence-electron chi connectivity index (χ3n) is 4.82. The Labute approximate surface area is 153 Å². The first-order valence-corrected chi connectivity index (χ1v) is 8.82. The average Bonchev–Trinajstić information content (AvgIpc) is 2.63. The van der Waals surface area contributed by atoms with Crippen LogP contribution in [0.3, 0.4) is 0 Å². The molecule has 1 fully saturated rings. The molecule has 1 N–H and O–H groups in total. The fraction of sp³-hybridized carbons (Fsp3) is 0.350. The van der Waals surface area contributed by atoms with Gasteiger partial charge in [0.2, 0.25) is 0 Å². The molecule has 2 aromatic rings. The van der Waals surface area contributed by atoms with Gasteiger partial charge in [-0.25, -0.2) is 0 Å². The van der Waals surface area contributed by atoms with Gasteiger partial charge in [-0.15, -0.1) is 0 Å². The van der Waals surface area contributed by atoms with E-state index in [0.717, 1.165) is 30.0 Å². The molecule has 1 heterocycles. The van der Waals surface area contributed by atoms with E-state index in [0.29, 0.717) is 17.9 Å². The highest BCUT2D eigenvalue weighted by Crippen LogP contribution is 2.34. The van der Waals surface area contributed by atoms with E-state index in [4.69, 9.17) is 16.3 Å². The molecule has 3 rings (SSSR count). The number of piperidine rings is 1. The van der Waals surface area contributed by atoms with Crippen molar-refractivity contribution in [3.63, 3.8) is 0 Å². The normalized spacial score (nSPS) is 17.2. The summed E-state index contributed by atoms with van der Waals surface area (Å²) in [5.41, 5.74) is 2.23. The lowest BCUT2D eigenvalue weighted by atomic mass is 9.91. The molecule has 1 aliphatic heterocycles. The van der Waals surface area contributed by atoms with E-state index < -0.39 is 5.97 Å². The maximum Gasteiger partial charge on any atom is 0.306 e. The van der Waals surface area contributed by atoms with E-state index in [2.05, 4.69) is 17.0 Å². The maximum absolute atomic E-state index is 11.2. The van der Waals surface area contributed by atoms with Gasteiger partial charge in [0.1, 0.15) is 5.75 Å². The van der Waals surface area contributed by atoms with Crippen LogP contribution in [0.2, 0.25) is 5.02 Å². The Kier molecular flexibility index (Phi) is 5.61. The molecule has 0 aliphatic carbocycles. The van der Waals surface area contributed by atoms with Crippen molar-refractivity contribution >= 4 is 17.6 Å². The summed E-state index contributed by atoms with van der Waals surface area (Å²) in [6, 6.07) is 15.9. The number of ether oxygens (including phenoxy) is 1. The monoisotopic (exact) mass is 359 g/mol. The largest absolute Gasteiger partial charge is 0.497 e. The first-order valence-electron chi connectivity index (χ1n) is 8.44. The third kappa shape index (κ3) is 4.14. The van der Waals surface area contributed by atoms with Crippen LogP contribution in [0.25, 0.3) is 0 Å². The van der Waals surface area contributed by atoms with E-state index in [1.54, 1.807) is 7.11 Å². The summed E-state index contributed by atoms with van der Waals surface area (Å²) >= 11 is 6.22. The lowest BCUT2D eigenvalue weighted by Crippen LogP contribution is -2.39. The van der Waals surface area contributed by atoms with Crippen molar-refractivity contribution in [3.8, 4) is 5.75 Å². The highest BCUT2D eigenvalue weighted by molar-refractivity contribution is 6.30. The molecule has 25 heavy (non-hydrogen) atoms. The minimum atomic E-state index is -0.694. The predicted molar refractivity (Wildman–Crippen MR) is 98.2 cm³/mol. The van der Waals surface area contributed by atoms with Crippen LogP contribution in [0, 0.1) is 5.92 Å². The summed E-state index contributed by atoms with van der Waals surface area (Å²) in [6.45, 7) is 1.48. The fourth-order valence-electron chi connectivity index (χ4n) is 3.51. The molecule has 1 saturated heterocycles. The number of likely N-dealkylation sites (tertiary alicyclic amines) is 1. The lowest BCUT2D eigenvalue weighted by molar-refractivity contribution is -0.143. The summed E-state index contributed by atoms with van der Waals surface area (Å²) < 4.78 is 5.38. The van der Waals surface area contributed by atoms with E-state index in [9.17, 15) is 9.90 Å². The number of carboxylic acids is 1. The van der Waals surface area contributed by atoms with Gasteiger partial charge in [0.15, 0.2) is 0 Å².